The number of fused-ring (bicyclic) bond motifs is 2. The van der Waals surface area contributed by atoms with Crippen molar-refractivity contribution in [1.82, 2.24) is 10.2 Å². The molecule has 0 aliphatic carbocycles. The topological polar surface area (TPSA) is 79.9 Å². The van der Waals surface area contributed by atoms with E-state index >= 15 is 0 Å². The molecular formula is C26H31N3O4. The van der Waals surface area contributed by atoms with Gasteiger partial charge in [0.1, 0.15) is 13.2 Å². The second-order valence-corrected chi connectivity index (χ2v) is 9.50. The number of likely N-dealkylation sites (tertiary alicyclic amines) is 1. The number of rotatable bonds is 5. The first-order valence-corrected chi connectivity index (χ1v) is 11.8. The van der Waals surface area contributed by atoms with E-state index in [1.54, 1.807) is 0 Å². The number of amides is 2. The van der Waals surface area contributed by atoms with Gasteiger partial charge in [-0.15, -0.1) is 0 Å². The molecule has 0 bridgehead atoms. The van der Waals surface area contributed by atoms with E-state index in [0.717, 1.165) is 25.7 Å². The second-order valence-electron chi connectivity index (χ2n) is 9.50. The molecule has 3 heterocycles. The van der Waals surface area contributed by atoms with Gasteiger partial charge in [0, 0.05) is 30.3 Å². The summed E-state index contributed by atoms with van der Waals surface area (Å²) in [6, 6.07) is 16.1. The molecule has 2 aromatic rings. The summed E-state index contributed by atoms with van der Waals surface area (Å²) in [4.78, 5) is 27.8. The minimum Gasteiger partial charge on any atom is -0.486 e. The maximum Gasteiger partial charge on any atom is 0.238 e. The number of hydrogen-bond acceptors (Lipinski definition) is 5. The summed E-state index contributed by atoms with van der Waals surface area (Å²) in [6.07, 6.45) is 3.96. The Morgan fingerprint density at radius 3 is 2.76 bits per heavy atom. The standard InChI is InChI=1S/C26H31N3O4/c1-26-16-20(14-18-6-3-2-4-7-18)29(23(26)8-5-9-24(30)28-26)17-25(31)27-19-10-11-21-22(15-19)33-13-12-32-21/h2-4,6-7,10-11,15,20,23H,5,8-9,12-14,16-17H2,1H3,(H,27,31)(H,28,30)/t20-,23+,26+/m1/s1. The summed E-state index contributed by atoms with van der Waals surface area (Å²) >= 11 is 0. The number of hydrogen-bond donors (Lipinski definition) is 2. The lowest BCUT2D eigenvalue weighted by atomic mass is 9.89. The molecular weight excluding hydrogens is 418 g/mol. The lowest BCUT2D eigenvalue weighted by molar-refractivity contribution is -0.122. The number of nitrogens with zero attached hydrogens (tertiary/aromatic N) is 1. The van der Waals surface area contributed by atoms with Gasteiger partial charge in [-0.1, -0.05) is 30.3 Å². The molecule has 2 amide bonds. The first kappa shape index (κ1) is 21.8. The van der Waals surface area contributed by atoms with E-state index < -0.39 is 0 Å². The Balaban J connectivity index is 1.34. The van der Waals surface area contributed by atoms with Crippen molar-refractivity contribution >= 4 is 17.5 Å². The molecule has 0 unspecified atom stereocenters. The van der Waals surface area contributed by atoms with Crippen LogP contribution in [-0.4, -0.2) is 54.1 Å². The smallest absolute Gasteiger partial charge is 0.238 e. The summed E-state index contributed by atoms with van der Waals surface area (Å²) in [7, 11) is 0. The van der Waals surface area contributed by atoms with Crippen LogP contribution in [0.5, 0.6) is 11.5 Å². The van der Waals surface area contributed by atoms with Crippen LogP contribution < -0.4 is 20.1 Å². The van der Waals surface area contributed by atoms with E-state index in [2.05, 4.69) is 34.6 Å². The van der Waals surface area contributed by atoms with Gasteiger partial charge in [0.05, 0.1) is 12.1 Å². The molecule has 33 heavy (non-hydrogen) atoms. The Hall–Kier alpha value is -3.06. The van der Waals surface area contributed by atoms with E-state index in [1.165, 1.54) is 5.56 Å². The average Bonchev–Trinajstić information content (AvgIpc) is 2.94. The number of ether oxygens (including phenoxy) is 2. The van der Waals surface area contributed by atoms with Gasteiger partial charge in [-0.25, -0.2) is 0 Å². The van der Waals surface area contributed by atoms with Crippen LogP contribution in [0.25, 0.3) is 0 Å². The molecule has 3 aliphatic rings. The third-order valence-corrected chi connectivity index (χ3v) is 7.04. The third-order valence-electron chi connectivity index (χ3n) is 7.04. The Morgan fingerprint density at radius 1 is 1.15 bits per heavy atom. The highest BCUT2D eigenvalue weighted by atomic mass is 16.6. The van der Waals surface area contributed by atoms with E-state index in [1.807, 2.05) is 36.4 Å². The molecule has 3 atom stereocenters. The predicted octanol–water partition coefficient (Wildman–Crippen LogP) is 3.14. The molecule has 7 nitrogen and oxygen atoms in total. The molecule has 7 heteroatoms. The molecule has 2 saturated heterocycles. The lowest BCUT2D eigenvalue weighted by Crippen LogP contribution is -2.54. The van der Waals surface area contributed by atoms with Gasteiger partial charge < -0.3 is 20.1 Å². The summed E-state index contributed by atoms with van der Waals surface area (Å²) in [5.41, 5.74) is 1.61. The molecule has 0 spiro atoms. The van der Waals surface area contributed by atoms with Crippen molar-refractivity contribution in [2.75, 3.05) is 25.1 Å². The molecule has 0 saturated carbocycles. The highest BCUT2D eigenvalue weighted by Gasteiger charge is 2.50. The van der Waals surface area contributed by atoms with Crippen molar-refractivity contribution in [3.63, 3.8) is 0 Å². The van der Waals surface area contributed by atoms with E-state index in [-0.39, 0.29) is 36.0 Å². The SMILES string of the molecule is C[C@]12C[C@@H](Cc3ccccc3)N(CC(=O)Nc3ccc4c(c3)OCCO4)[C@H]1CCCC(=O)N2. The van der Waals surface area contributed by atoms with Crippen molar-refractivity contribution in [2.45, 2.75) is 56.7 Å². The fourth-order valence-corrected chi connectivity index (χ4v) is 5.62. The van der Waals surface area contributed by atoms with Gasteiger partial charge in [0.15, 0.2) is 11.5 Å². The van der Waals surface area contributed by atoms with Crippen molar-refractivity contribution in [1.29, 1.82) is 0 Å². The zero-order valence-corrected chi connectivity index (χ0v) is 19.0. The molecule has 5 rings (SSSR count). The quantitative estimate of drug-likeness (QED) is 0.733. The fraction of sp³-hybridized carbons (Fsp3) is 0.462. The summed E-state index contributed by atoms with van der Waals surface area (Å²) < 4.78 is 11.2. The largest absolute Gasteiger partial charge is 0.486 e. The average molecular weight is 450 g/mol. The molecule has 2 fully saturated rings. The van der Waals surface area contributed by atoms with Gasteiger partial charge in [0.2, 0.25) is 11.8 Å². The summed E-state index contributed by atoms with van der Waals surface area (Å²) in [6.45, 7) is 3.46. The normalized spacial score (nSPS) is 26.8. The summed E-state index contributed by atoms with van der Waals surface area (Å²) in [5, 5.41) is 6.31. The molecule has 3 aliphatic heterocycles. The van der Waals surface area contributed by atoms with Gasteiger partial charge in [-0.05, 0) is 50.3 Å². The molecule has 0 aromatic heterocycles. The highest BCUT2D eigenvalue weighted by molar-refractivity contribution is 5.92. The van der Waals surface area contributed by atoms with Crippen LogP contribution in [0, 0.1) is 0 Å². The van der Waals surface area contributed by atoms with Crippen LogP contribution in [0.4, 0.5) is 5.69 Å². The second kappa shape index (κ2) is 9.06. The zero-order valence-electron chi connectivity index (χ0n) is 19.0. The van der Waals surface area contributed by atoms with E-state index in [9.17, 15) is 9.59 Å². The number of carbonyl (C=O) groups excluding carboxylic acids is 2. The van der Waals surface area contributed by atoms with Crippen LogP contribution in [0.15, 0.2) is 48.5 Å². The molecule has 0 radical (unpaired) electrons. The van der Waals surface area contributed by atoms with Crippen LogP contribution in [0.3, 0.4) is 0 Å². The zero-order chi connectivity index (χ0) is 22.8. The minimum absolute atomic E-state index is 0.0652. The van der Waals surface area contributed by atoms with Gasteiger partial charge >= 0.3 is 0 Å². The van der Waals surface area contributed by atoms with Crippen molar-refractivity contribution in [3.8, 4) is 11.5 Å². The van der Waals surface area contributed by atoms with Crippen LogP contribution >= 0.6 is 0 Å². The van der Waals surface area contributed by atoms with Crippen molar-refractivity contribution in [2.24, 2.45) is 0 Å². The summed E-state index contributed by atoms with van der Waals surface area (Å²) in [5.74, 6) is 1.40. The van der Waals surface area contributed by atoms with Gasteiger partial charge in [-0.2, -0.15) is 0 Å². The highest BCUT2D eigenvalue weighted by Crippen LogP contribution is 2.39. The monoisotopic (exact) mass is 449 g/mol. The maximum atomic E-state index is 13.2. The molecule has 174 valence electrons. The number of nitrogens with one attached hydrogen (secondary N) is 2. The van der Waals surface area contributed by atoms with Gasteiger partial charge in [0.25, 0.3) is 0 Å². The Morgan fingerprint density at radius 2 is 1.94 bits per heavy atom. The van der Waals surface area contributed by atoms with E-state index in [4.69, 9.17) is 9.47 Å². The minimum atomic E-state index is -0.329. The van der Waals surface area contributed by atoms with Crippen LogP contribution in [0.2, 0.25) is 0 Å². The Bertz CT molecular complexity index is 1030. The molecule has 2 aromatic carbocycles. The van der Waals surface area contributed by atoms with Crippen LogP contribution in [0.1, 0.15) is 38.2 Å². The van der Waals surface area contributed by atoms with Crippen LogP contribution in [-0.2, 0) is 16.0 Å². The number of anilines is 1. The van der Waals surface area contributed by atoms with Crippen molar-refractivity contribution < 1.29 is 19.1 Å². The van der Waals surface area contributed by atoms with E-state index in [0.29, 0.717) is 36.8 Å². The third kappa shape index (κ3) is 4.69. The Labute approximate surface area is 194 Å². The lowest BCUT2D eigenvalue weighted by Gasteiger charge is -2.34. The maximum absolute atomic E-state index is 13.2. The van der Waals surface area contributed by atoms with Crippen molar-refractivity contribution in [3.05, 3.63) is 54.1 Å². The number of benzene rings is 2. The fourth-order valence-electron chi connectivity index (χ4n) is 5.62. The number of carbonyl (C=O) groups is 2. The van der Waals surface area contributed by atoms with Gasteiger partial charge in [-0.3, -0.25) is 14.5 Å². The predicted molar refractivity (Wildman–Crippen MR) is 126 cm³/mol. The first-order chi connectivity index (χ1) is 16.0. The Kier molecular flexibility index (Phi) is 5.98. The first-order valence-electron chi connectivity index (χ1n) is 11.8. The molecule has 2 N–H and O–H groups in total.